The van der Waals surface area contributed by atoms with E-state index in [9.17, 15) is 34.2 Å². The second-order valence-electron chi connectivity index (χ2n) is 9.26. The number of carbonyl (C=O) groups excluding carboxylic acids is 3. The van der Waals surface area contributed by atoms with Crippen molar-refractivity contribution in [2.45, 2.75) is 70.3 Å². The van der Waals surface area contributed by atoms with Gasteiger partial charge in [0.05, 0.1) is 18.6 Å². The van der Waals surface area contributed by atoms with Gasteiger partial charge in [0, 0.05) is 23.5 Å². The molecule has 208 valence electrons. The van der Waals surface area contributed by atoms with Gasteiger partial charge in [-0.2, -0.15) is 0 Å². The Morgan fingerprint density at radius 2 is 1.58 bits per heavy atom. The maximum atomic E-state index is 13.2. The van der Waals surface area contributed by atoms with Crippen molar-refractivity contribution in [2.75, 3.05) is 0 Å². The number of carbonyl (C=O) groups is 5. The number of fused-ring (bicyclic) bond motifs is 1. The Hall–Kier alpha value is -3.97. The van der Waals surface area contributed by atoms with Crippen LogP contribution in [0.3, 0.4) is 0 Å². The maximum absolute atomic E-state index is 13.2. The van der Waals surface area contributed by atoms with E-state index in [0.717, 1.165) is 10.9 Å². The number of aromatic nitrogens is 1. The molecule has 1 aromatic heterocycles. The minimum Gasteiger partial charge on any atom is -0.481 e. The van der Waals surface area contributed by atoms with Crippen LogP contribution < -0.4 is 21.7 Å². The number of benzene rings is 1. The average molecular weight is 534 g/mol. The molecule has 0 saturated carbocycles. The number of rotatable bonds is 14. The Morgan fingerprint density at radius 3 is 2.16 bits per heavy atom. The predicted octanol–water partition coefficient (Wildman–Crippen LogP) is -0.522. The molecule has 3 amide bonds. The maximum Gasteiger partial charge on any atom is 0.326 e. The van der Waals surface area contributed by atoms with Crippen LogP contribution in [0.25, 0.3) is 10.9 Å². The first-order valence-electron chi connectivity index (χ1n) is 12.2. The molecule has 0 radical (unpaired) electrons. The van der Waals surface area contributed by atoms with Gasteiger partial charge in [-0.3, -0.25) is 19.2 Å². The highest BCUT2D eigenvalue weighted by Gasteiger charge is 2.34. The zero-order chi connectivity index (χ0) is 28.6. The first-order valence-corrected chi connectivity index (χ1v) is 12.2. The molecule has 6 unspecified atom stereocenters. The summed E-state index contributed by atoms with van der Waals surface area (Å²) in [6, 6.07) is 1.65. The van der Waals surface area contributed by atoms with Crippen LogP contribution in [0.5, 0.6) is 0 Å². The molecule has 13 nitrogen and oxygen atoms in total. The fourth-order valence-corrected chi connectivity index (χ4v) is 3.81. The number of aromatic amines is 1. The van der Waals surface area contributed by atoms with Gasteiger partial charge in [0.2, 0.25) is 17.7 Å². The standard InChI is InChI=1S/C25H35N5O8/c1-4-12(2)20(26)23(35)30-21(13(3)31)24(36)28-17(22(34)29-18(25(37)38)10-19(32)33)9-14-11-27-16-8-6-5-7-15(14)16/h5-8,11-13,17-18,20-21,27,31H,4,9-10,26H2,1-3H3,(H,28,36)(H,29,34)(H,30,35)(H,32,33)(H,37,38). The molecule has 0 saturated heterocycles. The topological polar surface area (TPSA) is 224 Å². The van der Waals surface area contributed by atoms with Crippen LogP contribution in [0.15, 0.2) is 30.5 Å². The van der Waals surface area contributed by atoms with E-state index >= 15 is 0 Å². The van der Waals surface area contributed by atoms with Crippen LogP contribution in [-0.4, -0.2) is 80.2 Å². The molecular formula is C25H35N5O8. The van der Waals surface area contributed by atoms with Crippen LogP contribution in [0, 0.1) is 5.92 Å². The van der Waals surface area contributed by atoms with Gasteiger partial charge in [0.1, 0.15) is 18.1 Å². The highest BCUT2D eigenvalue weighted by molar-refractivity contribution is 5.95. The zero-order valence-corrected chi connectivity index (χ0v) is 21.4. The fourth-order valence-electron chi connectivity index (χ4n) is 3.81. The number of hydrogen-bond acceptors (Lipinski definition) is 7. The third-order valence-electron chi connectivity index (χ3n) is 6.35. The van der Waals surface area contributed by atoms with Gasteiger partial charge < -0.3 is 42.0 Å². The fraction of sp³-hybridized carbons (Fsp3) is 0.480. The molecule has 38 heavy (non-hydrogen) atoms. The number of nitrogens with one attached hydrogen (secondary N) is 4. The van der Waals surface area contributed by atoms with Crippen molar-refractivity contribution in [1.29, 1.82) is 0 Å². The number of carboxylic acids is 2. The van der Waals surface area contributed by atoms with Crippen LogP contribution in [-0.2, 0) is 30.4 Å². The van der Waals surface area contributed by atoms with Gasteiger partial charge in [0.15, 0.2) is 0 Å². The minimum absolute atomic E-state index is 0.103. The molecule has 0 aliphatic rings. The number of para-hydroxylation sites is 1. The average Bonchev–Trinajstić information content (AvgIpc) is 3.27. The smallest absolute Gasteiger partial charge is 0.326 e. The van der Waals surface area contributed by atoms with Gasteiger partial charge in [-0.15, -0.1) is 0 Å². The molecule has 0 bridgehead atoms. The summed E-state index contributed by atoms with van der Waals surface area (Å²) in [6.07, 6.45) is -0.114. The number of aliphatic carboxylic acids is 2. The van der Waals surface area contributed by atoms with Crippen molar-refractivity contribution in [1.82, 2.24) is 20.9 Å². The van der Waals surface area contributed by atoms with E-state index in [1.54, 1.807) is 37.4 Å². The second kappa shape index (κ2) is 13.5. The highest BCUT2D eigenvalue weighted by Crippen LogP contribution is 2.19. The molecule has 1 heterocycles. The van der Waals surface area contributed by atoms with E-state index in [2.05, 4.69) is 20.9 Å². The minimum atomic E-state index is -1.75. The molecular weight excluding hydrogens is 498 g/mol. The number of aliphatic hydroxyl groups is 1. The quantitative estimate of drug-likeness (QED) is 0.156. The largest absolute Gasteiger partial charge is 0.481 e. The molecule has 0 fully saturated rings. The normalized spacial score (nSPS) is 15.9. The van der Waals surface area contributed by atoms with Gasteiger partial charge in [-0.1, -0.05) is 38.5 Å². The number of amides is 3. The van der Waals surface area contributed by atoms with Crippen molar-refractivity contribution in [2.24, 2.45) is 11.7 Å². The Bertz CT molecular complexity index is 1160. The van der Waals surface area contributed by atoms with Crippen LogP contribution in [0.2, 0.25) is 0 Å². The van der Waals surface area contributed by atoms with Gasteiger partial charge in [0.25, 0.3) is 0 Å². The SMILES string of the molecule is CCC(C)C(N)C(=O)NC(C(=O)NC(Cc1c[nH]c2ccccc12)C(=O)NC(CC(=O)O)C(=O)O)C(C)O. The number of carboxylic acid groups (broad SMARTS) is 2. The highest BCUT2D eigenvalue weighted by atomic mass is 16.4. The number of hydrogen-bond donors (Lipinski definition) is 8. The Kier molecular flexibility index (Phi) is 10.8. The number of aliphatic hydroxyl groups excluding tert-OH is 1. The van der Waals surface area contributed by atoms with Crippen LogP contribution >= 0.6 is 0 Å². The summed E-state index contributed by atoms with van der Waals surface area (Å²) < 4.78 is 0. The van der Waals surface area contributed by atoms with E-state index in [1.807, 2.05) is 6.92 Å². The number of nitrogens with two attached hydrogens (primary N) is 1. The van der Waals surface area contributed by atoms with Gasteiger partial charge in [-0.25, -0.2) is 4.79 Å². The predicted molar refractivity (Wildman–Crippen MR) is 137 cm³/mol. The second-order valence-corrected chi connectivity index (χ2v) is 9.26. The lowest BCUT2D eigenvalue weighted by atomic mass is 9.98. The van der Waals surface area contributed by atoms with Crippen molar-refractivity contribution < 1.29 is 39.3 Å². The van der Waals surface area contributed by atoms with Crippen molar-refractivity contribution in [3.05, 3.63) is 36.0 Å². The summed E-state index contributed by atoms with van der Waals surface area (Å²) >= 11 is 0. The van der Waals surface area contributed by atoms with E-state index in [1.165, 1.54) is 6.92 Å². The van der Waals surface area contributed by atoms with Gasteiger partial charge in [-0.05, 0) is 24.5 Å². The Labute approximate surface area is 219 Å². The lowest BCUT2D eigenvalue weighted by molar-refractivity contribution is -0.147. The Balaban J connectivity index is 2.32. The number of H-pyrrole nitrogens is 1. The van der Waals surface area contributed by atoms with E-state index < -0.39 is 66.4 Å². The van der Waals surface area contributed by atoms with Crippen molar-refractivity contribution in [3.63, 3.8) is 0 Å². The van der Waals surface area contributed by atoms with E-state index in [-0.39, 0.29) is 12.3 Å². The molecule has 9 N–H and O–H groups in total. The third-order valence-corrected chi connectivity index (χ3v) is 6.35. The lowest BCUT2D eigenvalue weighted by Crippen LogP contribution is -2.60. The zero-order valence-electron chi connectivity index (χ0n) is 21.4. The molecule has 6 atom stereocenters. The molecule has 0 aliphatic heterocycles. The molecule has 13 heteroatoms. The molecule has 2 aromatic rings. The summed E-state index contributed by atoms with van der Waals surface area (Å²) in [5.41, 5.74) is 7.31. The Morgan fingerprint density at radius 1 is 0.947 bits per heavy atom. The van der Waals surface area contributed by atoms with Crippen molar-refractivity contribution >= 4 is 40.6 Å². The van der Waals surface area contributed by atoms with Gasteiger partial charge >= 0.3 is 11.9 Å². The lowest BCUT2D eigenvalue weighted by Gasteiger charge is -2.27. The van der Waals surface area contributed by atoms with E-state index in [0.29, 0.717) is 12.0 Å². The van der Waals surface area contributed by atoms with E-state index in [4.69, 9.17) is 10.8 Å². The monoisotopic (exact) mass is 533 g/mol. The summed E-state index contributed by atoms with van der Waals surface area (Å²) in [7, 11) is 0. The summed E-state index contributed by atoms with van der Waals surface area (Å²) in [5, 5.41) is 36.3. The first kappa shape index (κ1) is 30.3. The molecule has 0 aliphatic carbocycles. The summed E-state index contributed by atoms with van der Waals surface area (Å²) in [5.74, 6) is -5.73. The molecule has 0 spiro atoms. The van der Waals surface area contributed by atoms with Crippen molar-refractivity contribution in [3.8, 4) is 0 Å². The summed E-state index contributed by atoms with van der Waals surface area (Å²) in [4.78, 5) is 64.5. The third kappa shape index (κ3) is 8.02. The summed E-state index contributed by atoms with van der Waals surface area (Å²) in [6.45, 7) is 4.89. The molecule has 1 aromatic carbocycles. The first-order chi connectivity index (χ1) is 17.8. The molecule has 2 rings (SSSR count). The van der Waals surface area contributed by atoms with Crippen LogP contribution in [0.1, 0.15) is 39.2 Å². The van der Waals surface area contributed by atoms with Crippen LogP contribution in [0.4, 0.5) is 0 Å².